The zero-order chi connectivity index (χ0) is 36.5. The molecule has 12 heteroatoms. The van der Waals surface area contributed by atoms with Gasteiger partial charge >= 0.3 is 35.8 Å². The van der Waals surface area contributed by atoms with E-state index in [1.807, 2.05) is 43.3 Å². The van der Waals surface area contributed by atoms with Crippen molar-refractivity contribution in [3.8, 4) is 17.2 Å². The molecule has 0 aliphatic carbocycles. The molecule has 0 unspecified atom stereocenters. The molecule has 0 aliphatic heterocycles. The van der Waals surface area contributed by atoms with E-state index in [2.05, 4.69) is 14.2 Å². The number of methoxy groups -OCH3 is 3. The Morgan fingerprint density at radius 3 is 0.840 bits per heavy atom. The maximum Gasteiger partial charge on any atom is 0.311 e. The van der Waals surface area contributed by atoms with Crippen LogP contribution in [0.4, 0.5) is 0 Å². The van der Waals surface area contributed by atoms with E-state index in [-0.39, 0.29) is 38.5 Å². The average molecular weight is 691 g/mol. The largest absolute Gasteiger partial charge is 0.469 e. The third-order valence-electron chi connectivity index (χ3n) is 7.96. The lowest BCUT2D eigenvalue weighted by Gasteiger charge is -2.32. The van der Waals surface area contributed by atoms with Crippen LogP contribution in [0.5, 0.6) is 17.2 Å². The van der Waals surface area contributed by atoms with Gasteiger partial charge in [-0.3, -0.25) is 28.8 Å². The van der Waals surface area contributed by atoms with Gasteiger partial charge in [-0.25, -0.2) is 0 Å². The van der Waals surface area contributed by atoms with Crippen LogP contribution in [0.2, 0.25) is 0 Å². The summed E-state index contributed by atoms with van der Waals surface area (Å²) in [6.45, 7) is 2.00. The molecule has 3 aromatic rings. The third kappa shape index (κ3) is 11.9. The van der Waals surface area contributed by atoms with Gasteiger partial charge in [0.25, 0.3) is 0 Å². The Bertz CT molecular complexity index is 1420. The van der Waals surface area contributed by atoms with Gasteiger partial charge in [-0.2, -0.15) is 0 Å². The van der Waals surface area contributed by atoms with Crippen LogP contribution in [-0.2, 0) is 48.4 Å². The standard InChI is InChI=1S/C38H42O12/c1-38(26-14-20-29(21-15-26)48-35(42)11-5-8-32(39)45-2,27-16-22-30(23-17-27)49-36(43)12-6-9-33(40)46-3)28-18-24-31(25-19-28)50-37(44)13-7-10-34(41)47-4/h14-25H,5-13H2,1-4H3. The molecule has 0 radical (unpaired) electrons. The van der Waals surface area contributed by atoms with E-state index in [1.165, 1.54) is 21.3 Å². The molecule has 0 saturated carbocycles. The van der Waals surface area contributed by atoms with E-state index in [0.717, 1.165) is 16.7 Å². The van der Waals surface area contributed by atoms with Crippen molar-refractivity contribution < 1.29 is 57.2 Å². The molecule has 0 heterocycles. The van der Waals surface area contributed by atoms with Crippen molar-refractivity contribution in [2.75, 3.05) is 21.3 Å². The highest BCUT2D eigenvalue weighted by atomic mass is 16.5. The van der Waals surface area contributed by atoms with Crippen molar-refractivity contribution in [3.05, 3.63) is 89.5 Å². The van der Waals surface area contributed by atoms with E-state index in [4.69, 9.17) is 14.2 Å². The molecule has 0 spiro atoms. The molecule has 3 aromatic carbocycles. The highest BCUT2D eigenvalue weighted by Crippen LogP contribution is 2.40. The summed E-state index contributed by atoms with van der Waals surface area (Å²) in [5, 5.41) is 0. The van der Waals surface area contributed by atoms with Crippen LogP contribution in [-0.4, -0.2) is 57.1 Å². The topological polar surface area (TPSA) is 158 Å². The molecular formula is C38H42O12. The second-order valence-electron chi connectivity index (χ2n) is 11.4. The van der Waals surface area contributed by atoms with Crippen LogP contribution in [0.3, 0.4) is 0 Å². The maximum absolute atomic E-state index is 12.3. The molecule has 0 bridgehead atoms. The van der Waals surface area contributed by atoms with E-state index < -0.39 is 41.2 Å². The van der Waals surface area contributed by atoms with Crippen molar-refractivity contribution in [2.24, 2.45) is 0 Å². The third-order valence-corrected chi connectivity index (χ3v) is 7.96. The Morgan fingerprint density at radius 2 is 0.620 bits per heavy atom. The lowest BCUT2D eigenvalue weighted by molar-refractivity contribution is -0.142. The van der Waals surface area contributed by atoms with Crippen LogP contribution < -0.4 is 14.2 Å². The lowest BCUT2D eigenvalue weighted by Crippen LogP contribution is -2.25. The molecule has 0 N–H and O–H groups in total. The highest BCUT2D eigenvalue weighted by molar-refractivity contribution is 5.76. The van der Waals surface area contributed by atoms with Gasteiger partial charge in [-0.05, 0) is 79.3 Å². The Morgan fingerprint density at radius 1 is 0.400 bits per heavy atom. The first-order valence-corrected chi connectivity index (χ1v) is 16.1. The minimum Gasteiger partial charge on any atom is -0.469 e. The Hall–Kier alpha value is -5.52. The molecule has 266 valence electrons. The van der Waals surface area contributed by atoms with Crippen LogP contribution in [0.25, 0.3) is 0 Å². The molecule has 0 saturated heterocycles. The molecule has 0 atom stereocenters. The zero-order valence-electron chi connectivity index (χ0n) is 28.7. The molecule has 50 heavy (non-hydrogen) atoms. The normalized spacial score (nSPS) is 10.8. The summed E-state index contributed by atoms with van der Waals surface area (Å²) in [7, 11) is 3.87. The maximum atomic E-state index is 12.3. The second kappa shape index (κ2) is 19.5. The van der Waals surface area contributed by atoms with Crippen LogP contribution in [0.1, 0.15) is 81.4 Å². The number of hydrogen-bond donors (Lipinski definition) is 0. The average Bonchev–Trinajstić information content (AvgIpc) is 3.11. The number of hydrogen-bond acceptors (Lipinski definition) is 12. The summed E-state index contributed by atoms with van der Waals surface area (Å²) in [6, 6.07) is 21.1. The van der Waals surface area contributed by atoms with Gasteiger partial charge in [0.05, 0.1) is 21.3 Å². The number of rotatable bonds is 18. The Labute approximate surface area is 290 Å². The van der Waals surface area contributed by atoms with Crippen molar-refractivity contribution in [1.29, 1.82) is 0 Å². The van der Waals surface area contributed by atoms with E-state index in [0.29, 0.717) is 36.5 Å². The highest BCUT2D eigenvalue weighted by Gasteiger charge is 2.32. The summed E-state index contributed by atoms with van der Waals surface area (Å²) < 4.78 is 30.2. The van der Waals surface area contributed by atoms with Crippen molar-refractivity contribution in [3.63, 3.8) is 0 Å². The fourth-order valence-corrected chi connectivity index (χ4v) is 5.05. The molecule has 0 aromatic heterocycles. The number of carbonyl (C=O) groups is 6. The van der Waals surface area contributed by atoms with Gasteiger partial charge in [0.1, 0.15) is 17.2 Å². The monoisotopic (exact) mass is 690 g/mol. The molecule has 3 rings (SSSR count). The first kappa shape index (κ1) is 38.9. The fraction of sp³-hybridized carbons (Fsp3) is 0.368. The predicted octanol–water partition coefficient (Wildman–Crippen LogP) is 5.79. The molecule has 0 amide bonds. The molecule has 0 fully saturated rings. The van der Waals surface area contributed by atoms with Gasteiger partial charge in [0, 0.05) is 43.9 Å². The zero-order valence-corrected chi connectivity index (χ0v) is 28.7. The van der Waals surface area contributed by atoms with Gasteiger partial charge in [-0.15, -0.1) is 0 Å². The van der Waals surface area contributed by atoms with Gasteiger partial charge in [0.2, 0.25) is 0 Å². The van der Waals surface area contributed by atoms with E-state index >= 15 is 0 Å². The van der Waals surface area contributed by atoms with Crippen LogP contribution in [0, 0.1) is 0 Å². The minimum atomic E-state index is -0.783. The predicted molar refractivity (Wildman–Crippen MR) is 179 cm³/mol. The first-order valence-electron chi connectivity index (χ1n) is 16.1. The first-order chi connectivity index (χ1) is 24.0. The summed E-state index contributed by atoms with van der Waals surface area (Å²) in [5.41, 5.74) is 1.73. The summed E-state index contributed by atoms with van der Waals surface area (Å²) in [6.07, 6.45) is 1.42. The van der Waals surface area contributed by atoms with Crippen molar-refractivity contribution in [1.82, 2.24) is 0 Å². The lowest BCUT2D eigenvalue weighted by atomic mass is 9.71. The smallest absolute Gasteiger partial charge is 0.311 e. The second-order valence-corrected chi connectivity index (χ2v) is 11.4. The number of carbonyl (C=O) groups excluding carboxylic acids is 6. The Balaban J connectivity index is 1.82. The minimum absolute atomic E-state index is 0.0545. The van der Waals surface area contributed by atoms with E-state index in [9.17, 15) is 28.8 Å². The fourth-order valence-electron chi connectivity index (χ4n) is 5.05. The van der Waals surface area contributed by atoms with Crippen LogP contribution >= 0.6 is 0 Å². The SMILES string of the molecule is COC(=O)CCCC(=O)Oc1ccc(C(C)(c2ccc(OC(=O)CCCC(=O)OC)cc2)c2ccc(OC(=O)CCCC(=O)OC)cc2)cc1. The molecule has 12 nitrogen and oxygen atoms in total. The number of benzene rings is 3. The Kier molecular flexibility index (Phi) is 15.2. The van der Waals surface area contributed by atoms with Gasteiger partial charge < -0.3 is 28.4 Å². The van der Waals surface area contributed by atoms with E-state index in [1.54, 1.807) is 36.4 Å². The van der Waals surface area contributed by atoms with Crippen molar-refractivity contribution in [2.45, 2.75) is 70.1 Å². The number of esters is 6. The van der Waals surface area contributed by atoms with Crippen LogP contribution in [0.15, 0.2) is 72.8 Å². The molecule has 0 aliphatic rings. The summed E-state index contributed by atoms with van der Waals surface area (Å²) in [5.74, 6) is -1.62. The molecular weight excluding hydrogens is 648 g/mol. The van der Waals surface area contributed by atoms with Crippen molar-refractivity contribution >= 4 is 35.8 Å². The summed E-state index contributed by atoms with van der Waals surface area (Å²) in [4.78, 5) is 71.0. The van der Waals surface area contributed by atoms with Gasteiger partial charge in [0.15, 0.2) is 0 Å². The van der Waals surface area contributed by atoms with Gasteiger partial charge in [-0.1, -0.05) is 36.4 Å². The number of ether oxygens (including phenoxy) is 6. The quantitative estimate of drug-likeness (QED) is 0.0686. The summed E-state index contributed by atoms with van der Waals surface area (Å²) >= 11 is 0.